The van der Waals surface area contributed by atoms with Crippen molar-refractivity contribution in [3.05, 3.63) is 108 Å². The summed E-state index contributed by atoms with van der Waals surface area (Å²) in [5.74, 6) is 1.64. The van der Waals surface area contributed by atoms with E-state index in [0.717, 1.165) is 34.2 Å². The molecule has 170 valence electrons. The van der Waals surface area contributed by atoms with Crippen molar-refractivity contribution < 1.29 is 0 Å². The molecule has 2 aromatic heterocycles. The third kappa shape index (κ3) is 4.78. The van der Waals surface area contributed by atoms with Crippen LogP contribution in [0.15, 0.2) is 85.2 Å². The maximum Gasteiger partial charge on any atom is 0.162 e. The Morgan fingerprint density at radius 2 is 1.49 bits per heavy atom. The standard InChI is InChI=1S/C30H25N5/c1-20(2)15-28-26(19-33-29(35-28)22-10-4-3-5-11-22)30-32-18-24(17-31)27(34-30)16-23-13-8-12-21-9-6-7-14-25(21)23/h3-14,18-20H,15-16H2,1-2H3. The van der Waals surface area contributed by atoms with E-state index >= 15 is 0 Å². The zero-order chi connectivity index (χ0) is 24.2. The van der Waals surface area contributed by atoms with Gasteiger partial charge in [0.1, 0.15) is 6.07 Å². The normalized spacial score (nSPS) is 11.0. The summed E-state index contributed by atoms with van der Waals surface area (Å²) in [6.07, 6.45) is 4.76. The van der Waals surface area contributed by atoms with Gasteiger partial charge < -0.3 is 0 Å². The Morgan fingerprint density at radius 1 is 0.771 bits per heavy atom. The van der Waals surface area contributed by atoms with Gasteiger partial charge in [0.2, 0.25) is 0 Å². The first-order valence-electron chi connectivity index (χ1n) is 11.8. The van der Waals surface area contributed by atoms with Crippen LogP contribution < -0.4 is 0 Å². The molecular formula is C30H25N5. The van der Waals surface area contributed by atoms with Crippen molar-refractivity contribution in [3.63, 3.8) is 0 Å². The summed E-state index contributed by atoms with van der Waals surface area (Å²) in [7, 11) is 0. The Balaban J connectivity index is 1.59. The molecule has 0 unspecified atom stereocenters. The molecule has 0 saturated heterocycles. The number of benzene rings is 3. The monoisotopic (exact) mass is 455 g/mol. The molecule has 0 N–H and O–H groups in total. The molecule has 0 saturated carbocycles. The van der Waals surface area contributed by atoms with Gasteiger partial charge in [0.15, 0.2) is 11.6 Å². The lowest BCUT2D eigenvalue weighted by Gasteiger charge is -2.13. The fourth-order valence-electron chi connectivity index (χ4n) is 4.27. The molecule has 0 amide bonds. The van der Waals surface area contributed by atoms with Gasteiger partial charge in [-0.1, -0.05) is 86.6 Å². The molecule has 0 atom stereocenters. The molecule has 0 aliphatic heterocycles. The van der Waals surface area contributed by atoms with E-state index in [1.54, 1.807) is 6.20 Å². The number of hydrogen-bond donors (Lipinski definition) is 0. The van der Waals surface area contributed by atoms with Gasteiger partial charge in [-0.3, -0.25) is 0 Å². The lowest BCUT2D eigenvalue weighted by molar-refractivity contribution is 0.635. The average Bonchev–Trinajstić information content (AvgIpc) is 2.89. The molecule has 5 nitrogen and oxygen atoms in total. The quantitative estimate of drug-likeness (QED) is 0.295. The highest BCUT2D eigenvalue weighted by Gasteiger charge is 2.17. The summed E-state index contributed by atoms with van der Waals surface area (Å²) >= 11 is 0. The van der Waals surface area contributed by atoms with Crippen molar-refractivity contribution in [2.75, 3.05) is 0 Å². The highest BCUT2D eigenvalue weighted by molar-refractivity contribution is 5.86. The van der Waals surface area contributed by atoms with Crippen molar-refractivity contribution in [3.8, 4) is 28.8 Å². The van der Waals surface area contributed by atoms with Crippen LogP contribution in [-0.2, 0) is 12.8 Å². The van der Waals surface area contributed by atoms with Crippen LogP contribution in [-0.4, -0.2) is 19.9 Å². The van der Waals surface area contributed by atoms with Crippen LogP contribution in [0.25, 0.3) is 33.5 Å². The third-order valence-corrected chi connectivity index (χ3v) is 5.97. The van der Waals surface area contributed by atoms with E-state index in [0.29, 0.717) is 35.2 Å². The fraction of sp³-hybridized carbons (Fsp3) is 0.167. The summed E-state index contributed by atoms with van der Waals surface area (Å²) in [6.45, 7) is 4.33. The van der Waals surface area contributed by atoms with Gasteiger partial charge >= 0.3 is 0 Å². The van der Waals surface area contributed by atoms with Gasteiger partial charge in [-0.25, -0.2) is 19.9 Å². The molecule has 3 aromatic carbocycles. The van der Waals surface area contributed by atoms with Crippen molar-refractivity contribution in [1.82, 2.24) is 19.9 Å². The second kappa shape index (κ2) is 9.82. The summed E-state index contributed by atoms with van der Waals surface area (Å²) in [5, 5.41) is 12.1. The Hall–Kier alpha value is -4.43. The maximum atomic E-state index is 9.75. The van der Waals surface area contributed by atoms with Gasteiger partial charge in [0.25, 0.3) is 0 Å². The number of aromatic nitrogens is 4. The predicted octanol–water partition coefficient (Wildman–Crippen LogP) is 6.41. The maximum absolute atomic E-state index is 9.75. The highest BCUT2D eigenvalue weighted by atomic mass is 14.9. The van der Waals surface area contributed by atoms with Crippen LogP contribution in [0.1, 0.15) is 36.4 Å². The lowest BCUT2D eigenvalue weighted by atomic mass is 9.99. The van der Waals surface area contributed by atoms with Gasteiger partial charge in [0.05, 0.1) is 22.5 Å². The summed E-state index contributed by atoms with van der Waals surface area (Å²) in [5.41, 5.74) is 5.01. The molecule has 0 aliphatic rings. The van der Waals surface area contributed by atoms with E-state index in [1.807, 2.05) is 54.7 Å². The van der Waals surface area contributed by atoms with Crippen molar-refractivity contribution in [1.29, 1.82) is 5.26 Å². The van der Waals surface area contributed by atoms with Crippen molar-refractivity contribution >= 4 is 10.8 Å². The van der Waals surface area contributed by atoms with Crippen LogP contribution in [0, 0.1) is 17.2 Å². The average molecular weight is 456 g/mol. The molecule has 5 heteroatoms. The highest BCUT2D eigenvalue weighted by Crippen LogP contribution is 2.26. The number of rotatable bonds is 6. The number of fused-ring (bicyclic) bond motifs is 1. The lowest BCUT2D eigenvalue weighted by Crippen LogP contribution is -2.07. The Bertz CT molecular complexity index is 1530. The minimum Gasteiger partial charge on any atom is -0.236 e. The predicted molar refractivity (Wildman–Crippen MR) is 139 cm³/mol. The smallest absolute Gasteiger partial charge is 0.162 e. The zero-order valence-corrected chi connectivity index (χ0v) is 19.8. The summed E-state index contributed by atoms with van der Waals surface area (Å²) in [4.78, 5) is 18.9. The number of hydrogen-bond acceptors (Lipinski definition) is 5. The minimum atomic E-state index is 0.404. The molecule has 5 aromatic rings. The van der Waals surface area contributed by atoms with E-state index in [4.69, 9.17) is 9.97 Å². The number of nitriles is 1. The van der Waals surface area contributed by atoms with Crippen molar-refractivity contribution in [2.45, 2.75) is 26.7 Å². The molecule has 2 heterocycles. The van der Waals surface area contributed by atoms with Crippen LogP contribution in [0.4, 0.5) is 0 Å². The Labute approximate surface area is 205 Å². The Morgan fingerprint density at radius 3 is 2.29 bits per heavy atom. The van der Waals surface area contributed by atoms with Gasteiger partial charge in [-0.15, -0.1) is 0 Å². The second-order valence-corrected chi connectivity index (χ2v) is 9.00. The molecular weight excluding hydrogens is 430 g/mol. The first-order chi connectivity index (χ1) is 17.1. The second-order valence-electron chi connectivity index (χ2n) is 9.00. The fourth-order valence-corrected chi connectivity index (χ4v) is 4.27. The van der Waals surface area contributed by atoms with E-state index in [-0.39, 0.29) is 0 Å². The minimum absolute atomic E-state index is 0.404. The molecule has 0 spiro atoms. The molecule has 35 heavy (non-hydrogen) atoms. The molecule has 0 bridgehead atoms. The van der Waals surface area contributed by atoms with Gasteiger partial charge in [-0.05, 0) is 28.7 Å². The van der Waals surface area contributed by atoms with E-state index in [9.17, 15) is 5.26 Å². The van der Waals surface area contributed by atoms with Crippen LogP contribution in [0.5, 0.6) is 0 Å². The zero-order valence-electron chi connectivity index (χ0n) is 19.8. The van der Waals surface area contributed by atoms with E-state index in [1.165, 1.54) is 5.39 Å². The summed E-state index contributed by atoms with van der Waals surface area (Å²) in [6, 6.07) is 26.7. The third-order valence-electron chi connectivity index (χ3n) is 5.97. The molecule has 0 aliphatic carbocycles. The Kier molecular flexibility index (Phi) is 6.28. The van der Waals surface area contributed by atoms with Crippen molar-refractivity contribution in [2.24, 2.45) is 5.92 Å². The molecule has 0 fully saturated rings. The van der Waals surface area contributed by atoms with Gasteiger partial charge in [-0.2, -0.15) is 5.26 Å². The van der Waals surface area contributed by atoms with E-state index in [2.05, 4.69) is 54.2 Å². The first kappa shape index (κ1) is 22.4. The topological polar surface area (TPSA) is 75.3 Å². The first-order valence-corrected chi connectivity index (χ1v) is 11.8. The molecule has 0 radical (unpaired) electrons. The van der Waals surface area contributed by atoms with Crippen LogP contribution >= 0.6 is 0 Å². The van der Waals surface area contributed by atoms with Crippen LogP contribution in [0.3, 0.4) is 0 Å². The largest absolute Gasteiger partial charge is 0.236 e. The van der Waals surface area contributed by atoms with E-state index < -0.39 is 0 Å². The summed E-state index contributed by atoms with van der Waals surface area (Å²) < 4.78 is 0. The molecule has 5 rings (SSSR count). The SMILES string of the molecule is CC(C)Cc1nc(-c2ccccc2)ncc1-c1ncc(C#N)c(Cc2cccc3ccccc23)n1. The number of nitrogens with zero attached hydrogens (tertiary/aromatic N) is 5. The van der Waals surface area contributed by atoms with Gasteiger partial charge in [0, 0.05) is 24.4 Å². The van der Waals surface area contributed by atoms with Crippen LogP contribution in [0.2, 0.25) is 0 Å².